The van der Waals surface area contributed by atoms with Gasteiger partial charge in [-0.1, -0.05) is 17.7 Å². The Morgan fingerprint density at radius 3 is 2.62 bits per heavy atom. The van der Waals surface area contributed by atoms with E-state index in [1.165, 1.54) is 25.1 Å². The van der Waals surface area contributed by atoms with E-state index >= 15 is 0 Å². The first-order chi connectivity index (χ1) is 6.04. The molecule has 0 saturated carbocycles. The second-order valence-electron chi connectivity index (χ2n) is 2.45. The van der Waals surface area contributed by atoms with Gasteiger partial charge in [-0.25, -0.2) is 0 Å². The number of Topliss-reactive ketones (excluding diaryl/α,β-unsaturated/α-hetero) is 1. The molecule has 0 N–H and O–H groups in total. The Labute approximate surface area is 79.3 Å². The summed E-state index contributed by atoms with van der Waals surface area (Å²) in [5, 5.41) is 10.3. The Bertz CT molecular complexity index is 343. The van der Waals surface area contributed by atoms with E-state index in [0.29, 0.717) is 0 Å². The van der Waals surface area contributed by atoms with Gasteiger partial charge >= 0.3 is 0 Å². The minimum atomic E-state index is -0.616. The molecule has 0 aliphatic carbocycles. The predicted octanol–water partition coefficient (Wildman–Crippen LogP) is 2.45. The normalized spacial score (nSPS) is 9.69. The summed E-state index contributed by atoms with van der Waals surface area (Å²) in [5.74, 6) is -0.284. The Morgan fingerprint density at radius 1 is 1.54 bits per heavy atom. The summed E-state index contributed by atoms with van der Waals surface area (Å²) in [6.07, 6.45) is 0. The summed E-state index contributed by atoms with van der Waals surface area (Å²) >= 11 is 5.64. The van der Waals surface area contributed by atoms with E-state index in [1.807, 2.05) is 0 Å². The van der Waals surface area contributed by atoms with Gasteiger partial charge in [-0.2, -0.15) is 0 Å². The molecule has 4 nitrogen and oxygen atoms in total. The van der Waals surface area contributed by atoms with Crippen LogP contribution in [0, 0.1) is 10.1 Å². The van der Waals surface area contributed by atoms with Gasteiger partial charge in [0.1, 0.15) is 5.02 Å². The van der Waals surface area contributed by atoms with Gasteiger partial charge in [0.15, 0.2) is 5.78 Å². The number of carbonyl (C=O) groups excluding carboxylic acids is 1. The Balaban J connectivity index is 3.35. The number of benzene rings is 1. The van der Waals surface area contributed by atoms with Crippen LogP contribution in [0.3, 0.4) is 0 Å². The number of hydrogen-bond acceptors (Lipinski definition) is 3. The molecule has 0 bridgehead atoms. The SMILES string of the molecule is CC(=O)c1cccc([N+](=O)[O-])c1Cl. The third kappa shape index (κ3) is 1.84. The smallest absolute Gasteiger partial charge is 0.288 e. The summed E-state index contributed by atoms with van der Waals surface area (Å²) < 4.78 is 0. The van der Waals surface area contributed by atoms with Crippen LogP contribution in [0.4, 0.5) is 5.69 Å². The average molecular weight is 200 g/mol. The van der Waals surface area contributed by atoms with Gasteiger partial charge < -0.3 is 0 Å². The monoisotopic (exact) mass is 199 g/mol. The van der Waals surface area contributed by atoms with E-state index < -0.39 is 4.92 Å². The first kappa shape index (κ1) is 9.67. The highest BCUT2D eigenvalue weighted by Crippen LogP contribution is 2.27. The zero-order chi connectivity index (χ0) is 10.0. The molecule has 68 valence electrons. The molecule has 0 spiro atoms. The second-order valence-corrected chi connectivity index (χ2v) is 2.83. The molecule has 0 atom stereocenters. The number of hydrogen-bond donors (Lipinski definition) is 0. The average Bonchev–Trinajstić information content (AvgIpc) is 2.03. The second kappa shape index (κ2) is 3.53. The molecular weight excluding hydrogens is 194 g/mol. The van der Waals surface area contributed by atoms with Crippen LogP contribution < -0.4 is 0 Å². The predicted molar refractivity (Wildman–Crippen MR) is 48.1 cm³/mol. The van der Waals surface area contributed by atoms with Crippen LogP contribution in [0.1, 0.15) is 17.3 Å². The first-order valence-corrected chi connectivity index (χ1v) is 3.85. The van der Waals surface area contributed by atoms with Crippen molar-refractivity contribution in [3.8, 4) is 0 Å². The number of halogens is 1. The summed E-state index contributed by atoms with van der Waals surface area (Å²) in [6, 6.07) is 4.15. The van der Waals surface area contributed by atoms with Crippen LogP contribution in [0.15, 0.2) is 18.2 Å². The maximum absolute atomic E-state index is 10.9. The van der Waals surface area contributed by atoms with E-state index in [9.17, 15) is 14.9 Å². The highest BCUT2D eigenvalue weighted by atomic mass is 35.5. The summed E-state index contributed by atoms with van der Waals surface area (Å²) in [7, 11) is 0. The first-order valence-electron chi connectivity index (χ1n) is 3.48. The molecule has 0 unspecified atom stereocenters. The van der Waals surface area contributed by atoms with Crippen LogP contribution in [0.2, 0.25) is 5.02 Å². The molecule has 13 heavy (non-hydrogen) atoms. The maximum Gasteiger partial charge on any atom is 0.288 e. The van der Waals surface area contributed by atoms with Crippen LogP contribution >= 0.6 is 11.6 Å². The fourth-order valence-electron chi connectivity index (χ4n) is 0.933. The topological polar surface area (TPSA) is 60.2 Å². The minimum Gasteiger partial charge on any atom is -0.294 e. The lowest BCUT2D eigenvalue weighted by Crippen LogP contribution is -1.97. The lowest BCUT2D eigenvalue weighted by atomic mass is 10.1. The van der Waals surface area contributed by atoms with Gasteiger partial charge in [-0.05, 0) is 13.0 Å². The third-order valence-electron chi connectivity index (χ3n) is 1.55. The highest BCUT2D eigenvalue weighted by Gasteiger charge is 2.16. The highest BCUT2D eigenvalue weighted by molar-refractivity contribution is 6.35. The molecule has 0 aliphatic heterocycles. The van der Waals surface area contributed by atoms with Crippen molar-refractivity contribution in [1.29, 1.82) is 0 Å². The standard InChI is InChI=1S/C8H6ClNO3/c1-5(11)6-3-2-4-7(8(6)9)10(12)13/h2-4H,1H3. The molecule has 0 fully saturated rings. The van der Waals surface area contributed by atoms with Gasteiger partial charge in [0.2, 0.25) is 0 Å². The summed E-state index contributed by atoms with van der Waals surface area (Å²) in [6.45, 7) is 1.31. The zero-order valence-electron chi connectivity index (χ0n) is 6.78. The molecule has 0 aromatic heterocycles. The Morgan fingerprint density at radius 2 is 2.15 bits per heavy atom. The maximum atomic E-state index is 10.9. The van der Waals surface area contributed by atoms with Gasteiger partial charge in [0.25, 0.3) is 5.69 Å². The molecule has 0 amide bonds. The quantitative estimate of drug-likeness (QED) is 0.418. The van der Waals surface area contributed by atoms with Gasteiger partial charge in [0.05, 0.1) is 4.92 Å². The van der Waals surface area contributed by atoms with Crippen molar-refractivity contribution in [3.05, 3.63) is 38.9 Å². The lowest BCUT2D eigenvalue weighted by Gasteiger charge is -1.99. The molecular formula is C8H6ClNO3. The minimum absolute atomic E-state index is 0.0972. The van der Waals surface area contributed by atoms with Crippen molar-refractivity contribution in [2.24, 2.45) is 0 Å². The van der Waals surface area contributed by atoms with Crippen LogP contribution in [-0.2, 0) is 0 Å². The van der Waals surface area contributed by atoms with E-state index in [4.69, 9.17) is 11.6 Å². The number of rotatable bonds is 2. The zero-order valence-corrected chi connectivity index (χ0v) is 7.54. The summed E-state index contributed by atoms with van der Waals surface area (Å²) in [5.41, 5.74) is -0.0646. The van der Waals surface area contributed by atoms with Crippen molar-refractivity contribution in [3.63, 3.8) is 0 Å². The van der Waals surface area contributed by atoms with Crippen molar-refractivity contribution < 1.29 is 9.72 Å². The van der Waals surface area contributed by atoms with Crippen molar-refractivity contribution in [2.45, 2.75) is 6.92 Å². The van der Waals surface area contributed by atoms with E-state index in [2.05, 4.69) is 0 Å². The van der Waals surface area contributed by atoms with Crippen LogP contribution in [0.5, 0.6) is 0 Å². The van der Waals surface area contributed by atoms with E-state index in [0.717, 1.165) is 0 Å². The fraction of sp³-hybridized carbons (Fsp3) is 0.125. The molecule has 0 radical (unpaired) electrons. The Hall–Kier alpha value is -1.42. The number of nitro groups is 1. The third-order valence-corrected chi connectivity index (χ3v) is 1.95. The lowest BCUT2D eigenvalue weighted by molar-refractivity contribution is -0.384. The van der Waals surface area contributed by atoms with Gasteiger partial charge in [-0.3, -0.25) is 14.9 Å². The summed E-state index contributed by atoms with van der Waals surface area (Å²) in [4.78, 5) is 20.7. The fourth-order valence-corrected chi connectivity index (χ4v) is 1.26. The van der Waals surface area contributed by atoms with E-state index in [1.54, 1.807) is 0 Å². The van der Waals surface area contributed by atoms with E-state index in [-0.39, 0.29) is 22.1 Å². The van der Waals surface area contributed by atoms with Crippen molar-refractivity contribution in [2.75, 3.05) is 0 Å². The molecule has 1 aromatic carbocycles. The molecule has 1 aromatic rings. The molecule has 1 rings (SSSR count). The molecule has 0 aliphatic rings. The number of carbonyl (C=O) groups is 1. The van der Waals surface area contributed by atoms with Crippen LogP contribution in [-0.4, -0.2) is 10.7 Å². The van der Waals surface area contributed by atoms with Crippen LogP contribution in [0.25, 0.3) is 0 Å². The van der Waals surface area contributed by atoms with Crippen molar-refractivity contribution in [1.82, 2.24) is 0 Å². The van der Waals surface area contributed by atoms with Gasteiger partial charge in [-0.15, -0.1) is 0 Å². The molecule has 0 heterocycles. The number of nitrogens with zero attached hydrogens (tertiary/aromatic N) is 1. The largest absolute Gasteiger partial charge is 0.294 e. The molecule has 0 saturated heterocycles. The number of nitro benzene ring substituents is 1. The number of ketones is 1. The molecule has 5 heteroatoms. The Kier molecular flexibility index (Phi) is 2.63. The van der Waals surface area contributed by atoms with Crippen molar-refractivity contribution >= 4 is 23.1 Å². The van der Waals surface area contributed by atoms with Gasteiger partial charge in [0, 0.05) is 11.6 Å².